The summed E-state index contributed by atoms with van der Waals surface area (Å²) in [5, 5.41) is 8.99. The molecule has 102 valence electrons. The van der Waals surface area contributed by atoms with Crippen molar-refractivity contribution in [3.8, 4) is 0 Å². The third-order valence-electron chi connectivity index (χ3n) is 3.58. The van der Waals surface area contributed by atoms with E-state index in [1.165, 1.54) is 0 Å². The van der Waals surface area contributed by atoms with Crippen LogP contribution >= 0.6 is 0 Å². The molecule has 0 unspecified atom stereocenters. The smallest absolute Gasteiger partial charge is 0.309 e. The van der Waals surface area contributed by atoms with Crippen molar-refractivity contribution >= 4 is 11.9 Å². The number of carbonyl (C=O) groups is 2. The molecule has 0 amide bonds. The Morgan fingerprint density at radius 1 is 1.16 bits per heavy atom. The first-order chi connectivity index (χ1) is 9.16. The maximum absolute atomic E-state index is 11.9. The van der Waals surface area contributed by atoms with Crippen molar-refractivity contribution in [2.75, 3.05) is 0 Å². The van der Waals surface area contributed by atoms with Gasteiger partial charge < -0.3 is 9.84 Å². The molecule has 1 fully saturated rings. The summed E-state index contributed by atoms with van der Waals surface area (Å²) in [5.41, 5.74) is 0.946. The zero-order valence-corrected chi connectivity index (χ0v) is 10.7. The van der Waals surface area contributed by atoms with Gasteiger partial charge in [0.25, 0.3) is 0 Å². The molecular formula is C15H18O4. The van der Waals surface area contributed by atoms with Gasteiger partial charge in [0.2, 0.25) is 0 Å². The molecule has 4 nitrogen and oxygen atoms in total. The van der Waals surface area contributed by atoms with Gasteiger partial charge in [0.05, 0.1) is 11.8 Å². The molecule has 1 N–H and O–H groups in total. The number of carboxylic acids is 1. The zero-order valence-electron chi connectivity index (χ0n) is 10.7. The molecule has 0 aromatic heterocycles. The molecule has 1 saturated carbocycles. The maximum atomic E-state index is 11.9. The first kappa shape index (κ1) is 13.6. The van der Waals surface area contributed by atoms with Crippen LogP contribution < -0.4 is 0 Å². The average molecular weight is 262 g/mol. The Labute approximate surface area is 112 Å². The fourth-order valence-corrected chi connectivity index (χ4v) is 2.47. The van der Waals surface area contributed by atoms with E-state index in [0.717, 1.165) is 18.4 Å². The SMILES string of the molecule is O=C(O)[C@H]1CCC[C@H](C(=O)OCc2ccccc2)C1. The number of hydrogen-bond donors (Lipinski definition) is 1. The van der Waals surface area contributed by atoms with Crippen LogP contribution in [0.3, 0.4) is 0 Å². The van der Waals surface area contributed by atoms with Crippen LogP contribution in [0.1, 0.15) is 31.2 Å². The summed E-state index contributed by atoms with van der Waals surface area (Å²) in [6.07, 6.45) is 2.58. The van der Waals surface area contributed by atoms with Gasteiger partial charge in [0.1, 0.15) is 6.61 Å². The normalized spacial score (nSPS) is 22.7. The number of esters is 1. The summed E-state index contributed by atoms with van der Waals surface area (Å²) < 4.78 is 5.26. The van der Waals surface area contributed by atoms with E-state index in [1.54, 1.807) is 0 Å². The van der Waals surface area contributed by atoms with Crippen molar-refractivity contribution in [3.63, 3.8) is 0 Å². The van der Waals surface area contributed by atoms with Crippen molar-refractivity contribution in [3.05, 3.63) is 35.9 Å². The molecule has 1 aromatic rings. The van der Waals surface area contributed by atoms with Gasteiger partial charge in [-0.05, 0) is 24.8 Å². The lowest BCUT2D eigenvalue weighted by Crippen LogP contribution is -2.28. The monoisotopic (exact) mass is 262 g/mol. The zero-order chi connectivity index (χ0) is 13.7. The first-order valence-electron chi connectivity index (χ1n) is 6.60. The van der Waals surface area contributed by atoms with Crippen molar-refractivity contribution < 1.29 is 19.4 Å². The second-order valence-corrected chi connectivity index (χ2v) is 4.99. The summed E-state index contributed by atoms with van der Waals surface area (Å²) in [4.78, 5) is 22.9. The number of carbonyl (C=O) groups excluding carboxylic acids is 1. The third kappa shape index (κ3) is 3.81. The minimum atomic E-state index is -0.805. The number of hydrogen-bond acceptors (Lipinski definition) is 3. The molecule has 0 spiro atoms. The molecule has 4 heteroatoms. The number of ether oxygens (including phenoxy) is 1. The molecule has 0 radical (unpaired) electrons. The fourth-order valence-electron chi connectivity index (χ4n) is 2.47. The highest BCUT2D eigenvalue weighted by molar-refractivity contribution is 5.75. The number of aliphatic carboxylic acids is 1. The van der Waals surface area contributed by atoms with Crippen LogP contribution in [0.15, 0.2) is 30.3 Å². The molecule has 2 atom stereocenters. The van der Waals surface area contributed by atoms with E-state index < -0.39 is 11.9 Å². The Balaban J connectivity index is 1.84. The number of carboxylic acid groups (broad SMARTS) is 1. The Bertz CT molecular complexity index is 441. The van der Waals surface area contributed by atoms with Gasteiger partial charge in [0, 0.05) is 0 Å². The van der Waals surface area contributed by atoms with Gasteiger partial charge in [-0.25, -0.2) is 0 Å². The molecule has 1 aliphatic carbocycles. The lowest BCUT2D eigenvalue weighted by molar-refractivity contribution is -0.153. The summed E-state index contributed by atoms with van der Waals surface area (Å²) in [6, 6.07) is 9.49. The van der Waals surface area contributed by atoms with Crippen molar-refractivity contribution in [2.45, 2.75) is 32.3 Å². The van der Waals surface area contributed by atoms with Crippen LogP contribution in [0, 0.1) is 11.8 Å². The number of rotatable bonds is 4. The second-order valence-electron chi connectivity index (χ2n) is 4.99. The topological polar surface area (TPSA) is 63.6 Å². The van der Waals surface area contributed by atoms with Crippen molar-refractivity contribution in [1.29, 1.82) is 0 Å². The highest BCUT2D eigenvalue weighted by Crippen LogP contribution is 2.30. The predicted octanol–water partition coefficient (Wildman–Crippen LogP) is 2.62. The van der Waals surface area contributed by atoms with E-state index >= 15 is 0 Å². The summed E-state index contributed by atoms with van der Waals surface area (Å²) in [7, 11) is 0. The molecule has 0 heterocycles. The Morgan fingerprint density at radius 2 is 1.84 bits per heavy atom. The molecule has 0 aliphatic heterocycles. The van der Waals surface area contributed by atoms with Crippen LogP contribution in [0.25, 0.3) is 0 Å². The highest BCUT2D eigenvalue weighted by Gasteiger charge is 2.31. The lowest BCUT2D eigenvalue weighted by atomic mass is 9.81. The van der Waals surface area contributed by atoms with E-state index in [-0.39, 0.29) is 18.5 Å². The van der Waals surface area contributed by atoms with E-state index in [4.69, 9.17) is 9.84 Å². The van der Waals surface area contributed by atoms with Gasteiger partial charge in [-0.3, -0.25) is 9.59 Å². The van der Waals surface area contributed by atoms with Crippen LogP contribution in [0.2, 0.25) is 0 Å². The van der Waals surface area contributed by atoms with Crippen molar-refractivity contribution in [1.82, 2.24) is 0 Å². The minimum absolute atomic E-state index is 0.258. The minimum Gasteiger partial charge on any atom is -0.481 e. The van der Waals surface area contributed by atoms with Crippen LogP contribution in [-0.4, -0.2) is 17.0 Å². The largest absolute Gasteiger partial charge is 0.481 e. The average Bonchev–Trinajstić information content (AvgIpc) is 2.46. The molecule has 0 bridgehead atoms. The molecule has 1 aliphatic rings. The van der Waals surface area contributed by atoms with Gasteiger partial charge in [0.15, 0.2) is 0 Å². The predicted molar refractivity (Wildman–Crippen MR) is 69.3 cm³/mol. The van der Waals surface area contributed by atoms with Gasteiger partial charge in [-0.2, -0.15) is 0 Å². The van der Waals surface area contributed by atoms with E-state index in [9.17, 15) is 9.59 Å². The van der Waals surface area contributed by atoms with Gasteiger partial charge in [-0.15, -0.1) is 0 Å². The molecule has 19 heavy (non-hydrogen) atoms. The van der Waals surface area contributed by atoms with Gasteiger partial charge in [-0.1, -0.05) is 36.8 Å². The quantitative estimate of drug-likeness (QED) is 0.847. The maximum Gasteiger partial charge on any atom is 0.309 e. The van der Waals surface area contributed by atoms with Crippen LogP contribution in [0.5, 0.6) is 0 Å². The highest BCUT2D eigenvalue weighted by atomic mass is 16.5. The Hall–Kier alpha value is -1.84. The number of benzene rings is 1. The molecule has 1 aromatic carbocycles. The van der Waals surface area contributed by atoms with E-state index in [2.05, 4.69) is 0 Å². The third-order valence-corrected chi connectivity index (χ3v) is 3.58. The van der Waals surface area contributed by atoms with Crippen LogP contribution in [-0.2, 0) is 20.9 Å². The molecular weight excluding hydrogens is 244 g/mol. The fraction of sp³-hybridized carbons (Fsp3) is 0.467. The first-order valence-corrected chi connectivity index (χ1v) is 6.60. The van der Waals surface area contributed by atoms with Crippen LogP contribution in [0.4, 0.5) is 0 Å². The Kier molecular flexibility index (Phi) is 4.55. The lowest BCUT2D eigenvalue weighted by Gasteiger charge is -2.25. The Morgan fingerprint density at radius 3 is 2.53 bits per heavy atom. The van der Waals surface area contributed by atoms with E-state index in [0.29, 0.717) is 12.8 Å². The van der Waals surface area contributed by atoms with Gasteiger partial charge >= 0.3 is 11.9 Å². The van der Waals surface area contributed by atoms with Crippen molar-refractivity contribution in [2.24, 2.45) is 11.8 Å². The standard InChI is InChI=1S/C15H18O4/c16-14(17)12-7-4-8-13(9-12)15(18)19-10-11-5-2-1-3-6-11/h1-3,5-6,12-13H,4,7-10H2,(H,16,17)/t12-,13-/m0/s1. The molecule has 0 saturated heterocycles. The summed E-state index contributed by atoms with van der Waals surface area (Å²) in [6.45, 7) is 0.258. The molecule has 2 rings (SSSR count). The summed E-state index contributed by atoms with van der Waals surface area (Å²) in [5.74, 6) is -1.74. The summed E-state index contributed by atoms with van der Waals surface area (Å²) >= 11 is 0. The van der Waals surface area contributed by atoms with E-state index in [1.807, 2.05) is 30.3 Å². The second kappa shape index (κ2) is 6.36.